The van der Waals surface area contributed by atoms with E-state index in [2.05, 4.69) is 10.3 Å². The highest BCUT2D eigenvalue weighted by Crippen LogP contribution is 2.07. The Kier molecular flexibility index (Phi) is 5.54. The third-order valence-corrected chi connectivity index (χ3v) is 2.41. The first kappa shape index (κ1) is 14.4. The fourth-order valence-electron chi connectivity index (χ4n) is 1.28. The molecule has 1 aromatic rings. The number of rotatable bonds is 6. The highest BCUT2D eigenvalue weighted by molar-refractivity contribution is 6.29. The van der Waals surface area contributed by atoms with E-state index < -0.39 is 17.9 Å². The molecule has 1 rings (SSSR count). The van der Waals surface area contributed by atoms with Crippen molar-refractivity contribution in [3.8, 4) is 0 Å². The summed E-state index contributed by atoms with van der Waals surface area (Å²) >= 11 is 5.64. The minimum atomic E-state index is -1.11. The molecule has 1 amide bonds. The summed E-state index contributed by atoms with van der Waals surface area (Å²) in [7, 11) is 1.46. The number of ether oxygens (including phenoxy) is 1. The van der Waals surface area contributed by atoms with Crippen molar-refractivity contribution >= 4 is 23.5 Å². The smallest absolute Gasteiger partial charge is 0.326 e. The summed E-state index contributed by atoms with van der Waals surface area (Å²) in [5, 5.41) is 11.5. The van der Waals surface area contributed by atoms with Gasteiger partial charge in [-0.3, -0.25) is 4.79 Å². The molecule has 1 atom stereocenters. The van der Waals surface area contributed by atoms with E-state index in [-0.39, 0.29) is 23.7 Å². The normalized spacial score (nSPS) is 11.9. The quantitative estimate of drug-likeness (QED) is 0.753. The average Bonchev–Trinajstić information content (AvgIpc) is 2.33. The number of nitrogens with zero attached hydrogens (tertiary/aromatic N) is 1. The third-order valence-electron chi connectivity index (χ3n) is 2.20. The molecule has 0 aliphatic heterocycles. The van der Waals surface area contributed by atoms with Crippen molar-refractivity contribution in [2.24, 2.45) is 0 Å². The molecule has 0 saturated carbocycles. The van der Waals surface area contributed by atoms with Crippen LogP contribution in [0.25, 0.3) is 0 Å². The molecule has 0 aliphatic rings. The van der Waals surface area contributed by atoms with Gasteiger partial charge >= 0.3 is 5.97 Å². The molecule has 0 aliphatic carbocycles. The van der Waals surface area contributed by atoms with Crippen LogP contribution in [0.3, 0.4) is 0 Å². The summed E-state index contributed by atoms with van der Waals surface area (Å²) in [4.78, 5) is 26.4. The number of carbonyl (C=O) groups excluding carboxylic acids is 1. The van der Waals surface area contributed by atoms with Crippen molar-refractivity contribution in [2.75, 3.05) is 13.7 Å². The second kappa shape index (κ2) is 6.93. The maximum absolute atomic E-state index is 11.8. The zero-order chi connectivity index (χ0) is 13.5. The summed E-state index contributed by atoms with van der Waals surface area (Å²) in [5.41, 5.74) is 0.263. The van der Waals surface area contributed by atoms with Crippen LogP contribution in [0.5, 0.6) is 0 Å². The van der Waals surface area contributed by atoms with Crippen LogP contribution in [0.2, 0.25) is 5.15 Å². The predicted molar refractivity (Wildman–Crippen MR) is 64.6 cm³/mol. The molecule has 6 nitrogen and oxygen atoms in total. The van der Waals surface area contributed by atoms with Gasteiger partial charge in [-0.15, -0.1) is 0 Å². The number of amides is 1. The number of pyridine rings is 1. The highest BCUT2D eigenvalue weighted by Gasteiger charge is 2.20. The molecule has 1 unspecified atom stereocenters. The van der Waals surface area contributed by atoms with E-state index in [0.717, 1.165) is 0 Å². The van der Waals surface area contributed by atoms with Gasteiger partial charge in [0.2, 0.25) is 0 Å². The van der Waals surface area contributed by atoms with Crippen LogP contribution in [0.4, 0.5) is 0 Å². The van der Waals surface area contributed by atoms with Crippen molar-refractivity contribution < 1.29 is 19.4 Å². The fourth-order valence-corrected chi connectivity index (χ4v) is 1.45. The van der Waals surface area contributed by atoms with Crippen LogP contribution in [-0.2, 0) is 9.53 Å². The van der Waals surface area contributed by atoms with Gasteiger partial charge in [-0.25, -0.2) is 9.78 Å². The van der Waals surface area contributed by atoms with Crippen LogP contribution >= 0.6 is 11.6 Å². The van der Waals surface area contributed by atoms with Gasteiger partial charge in [-0.05, 0) is 12.1 Å². The summed E-state index contributed by atoms with van der Waals surface area (Å²) < 4.78 is 4.78. The van der Waals surface area contributed by atoms with E-state index in [9.17, 15) is 9.59 Å². The largest absolute Gasteiger partial charge is 0.480 e. The topological polar surface area (TPSA) is 88.5 Å². The number of carboxylic acids is 1. The Hall–Kier alpha value is -1.66. The fraction of sp³-hybridized carbons (Fsp3) is 0.364. The minimum Gasteiger partial charge on any atom is -0.480 e. The Morgan fingerprint density at radius 3 is 2.89 bits per heavy atom. The molecule has 7 heteroatoms. The number of carboxylic acid groups (broad SMARTS) is 1. The standard InChI is InChI=1S/C11H13ClN2O4/c1-18-5-3-8(11(16)17)14-10(15)7-2-4-13-9(12)6-7/h2,4,6,8H,3,5H2,1H3,(H,14,15)(H,16,17). The van der Waals surface area contributed by atoms with E-state index in [1.165, 1.54) is 25.4 Å². The van der Waals surface area contributed by atoms with Crippen molar-refractivity contribution in [3.05, 3.63) is 29.0 Å². The lowest BCUT2D eigenvalue weighted by Crippen LogP contribution is -2.41. The molecular weight excluding hydrogens is 260 g/mol. The lowest BCUT2D eigenvalue weighted by Gasteiger charge is -2.13. The molecule has 0 aromatic carbocycles. The minimum absolute atomic E-state index is 0.173. The van der Waals surface area contributed by atoms with Gasteiger partial charge in [-0.2, -0.15) is 0 Å². The molecule has 98 valence electrons. The average molecular weight is 273 g/mol. The molecule has 2 N–H and O–H groups in total. The molecule has 0 fully saturated rings. The van der Waals surface area contributed by atoms with Crippen LogP contribution in [0, 0.1) is 0 Å². The summed E-state index contributed by atoms with van der Waals surface area (Å²) in [6.45, 7) is 0.244. The predicted octanol–water partition coefficient (Wildman–Crippen LogP) is 0.955. The molecule has 1 aromatic heterocycles. The first-order chi connectivity index (χ1) is 8.54. The lowest BCUT2D eigenvalue weighted by atomic mass is 10.2. The number of hydrogen-bond donors (Lipinski definition) is 2. The van der Waals surface area contributed by atoms with Gasteiger partial charge in [0.1, 0.15) is 11.2 Å². The zero-order valence-corrected chi connectivity index (χ0v) is 10.5. The van der Waals surface area contributed by atoms with Gasteiger partial charge in [0.05, 0.1) is 0 Å². The van der Waals surface area contributed by atoms with Crippen molar-refractivity contribution in [3.63, 3.8) is 0 Å². The second-order valence-electron chi connectivity index (χ2n) is 3.51. The first-order valence-electron chi connectivity index (χ1n) is 5.18. The Morgan fingerprint density at radius 1 is 1.61 bits per heavy atom. The van der Waals surface area contributed by atoms with Gasteiger partial charge in [0.25, 0.3) is 5.91 Å². The number of carbonyl (C=O) groups is 2. The Morgan fingerprint density at radius 2 is 2.33 bits per heavy atom. The molecule has 18 heavy (non-hydrogen) atoms. The maximum Gasteiger partial charge on any atom is 0.326 e. The summed E-state index contributed by atoms with van der Waals surface area (Å²) in [5.74, 6) is -1.62. The Bertz CT molecular complexity index is 439. The van der Waals surface area contributed by atoms with E-state index in [1.54, 1.807) is 0 Å². The van der Waals surface area contributed by atoms with Gasteiger partial charge in [0, 0.05) is 31.9 Å². The maximum atomic E-state index is 11.8. The number of halogens is 1. The van der Waals surface area contributed by atoms with E-state index in [0.29, 0.717) is 0 Å². The highest BCUT2D eigenvalue weighted by atomic mass is 35.5. The molecular formula is C11H13ClN2O4. The number of aromatic nitrogens is 1. The molecule has 0 bridgehead atoms. The number of hydrogen-bond acceptors (Lipinski definition) is 4. The molecule has 1 heterocycles. The SMILES string of the molecule is COCCC(NC(=O)c1ccnc(Cl)c1)C(=O)O. The monoisotopic (exact) mass is 272 g/mol. The van der Waals surface area contributed by atoms with Crippen LogP contribution in [0.15, 0.2) is 18.3 Å². The Balaban J connectivity index is 2.69. The number of nitrogens with one attached hydrogen (secondary N) is 1. The first-order valence-corrected chi connectivity index (χ1v) is 5.56. The summed E-state index contributed by atoms with van der Waals surface area (Å²) in [6.07, 6.45) is 1.57. The summed E-state index contributed by atoms with van der Waals surface area (Å²) in [6, 6.07) is 1.83. The van der Waals surface area contributed by atoms with Crippen molar-refractivity contribution in [1.29, 1.82) is 0 Å². The Labute approximate surface area is 109 Å². The van der Waals surface area contributed by atoms with Crippen LogP contribution in [0.1, 0.15) is 16.8 Å². The number of methoxy groups -OCH3 is 1. The van der Waals surface area contributed by atoms with Gasteiger partial charge in [0.15, 0.2) is 0 Å². The van der Waals surface area contributed by atoms with Crippen LogP contribution in [-0.4, -0.2) is 41.7 Å². The van der Waals surface area contributed by atoms with E-state index >= 15 is 0 Å². The van der Waals surface area contributed by atoms with E-state index in [1.807, 2.05) is 0 Å². The molecule has 0 spiro atoms. The van der Waals surface area contributed by atoms with Crippen LogP contribution < -0.4 is 5.32 Å². The lowest BCUT2D eigenvalue weighted by molar-refractivity contribution is -0.139. The molecule has 0 saturated heterocycles. The zero-order valence-electron chi connectivity index (χ0n) is 9.72. The van der Waals surface area contributed by atoms with Crippen molar-refractivity contribution in [1.82, 2.24) is 10.3 Å². The van der Waals surface area contributed by atoms with Crippen molar-refractivity contribution in [2.45, 2.75) is 12.5 Å². The van der Waals surface area contributed by atoms with E-state index in [4.69, 9.17) is 21.4 Å². The second-order valence-corrected chi connectivity index (χ2v) is 3.90. The third kappa shape index (κ3) is 4.31. The van der Waals surface area contributed by atoms with Gasteiger partial charge < -0.3 is 15.2 Å². The van der Waals surface area contributed by atoms with Gasteiger partial charge in [-0.1, -0.05) is 11.6 Å². The number of aliphatic carboxylic acids is 1. The molecule has 0 radical (unpaired) electrons.